The van der Waals surface area contributed by atoms with E-state index in [9.17, 15) is 28.9 Å². The average molecular weight is 1090 g/mol. The Morgan fingerprint density at radius 3 is 1.03 bits per heavy atom. The van der Waals surface area contributed by atoms with E-state index in [2.05, 4.69) is 69.4 Å². The summed E-state index contributed by atoms with van der Waals surface area (Å²) in [6.45, 7) is 4.64. The van der Waals surface area contributed by atoms with Crippen molar-refractivity contribution in [2.24, 2.45) is 0 Å². The van der Waals surface area contributed by atoms with Gasteiger partial charge in [0, 0.05) is 19.3 Å². The molecule has 0 saturated heterocycles. The number of phosphoric acid groups is 1. The first-order valence-corrected chi connectivity index (χ1v) is 33.0. The first-order valence-electron chi connectivity index (χ1n) is 31.5. The van der Waals surface area contributed by atoms with Gasteiger partial charge in [0.05, 0.1) is 19.8 Å². The number of carbonyl (C=O) groups is 3. The minimum atomic E-state index is -4.75. The van der Waals surface area contributed by atoms with Crippen LogP contribution in [0.15, 0.2) is 48.6 Å². The molecule has 0 rings (SSSR count). The van der Waals surface area contributed by atoms with E-state index < -0.39 is 57.8 Å². The first kappa shape index (κ1) is 73.4. The number of carbonyl (C=O) groups excluding carboxylic acids is 3. The molecule has 0 aromatic carbocycles. The molecule has 0 heterocycles. The van der Waals surface area contributed by atoms with Gasteiger partial charge in [-0.15, -0.1) is 0 Å². The molecule has 0 aliphatic rings. The number of aliphatic hydroxyl groups excluding tert-OH is 1. The molecule has 444 valence electrons. The van der Waals surface area contributed by atoms with Crippen LogP contribution in [0.3, 0.4) is 0 Å². The molecule has 0 aliphatic heterocycles. The van der Waals surface area contributed by atoms with E-state index in [1.165, 1.54) is 135 Å². The van der Waals surface area contributed by atoms with Crippen molar-refractivity contribution < 1.29 is 52.2 Å². The van der Waals surface area contributed by atoms with E-state index in [1.807, 2.05) is 0 Å². The number of ether oxygens (including phenoxy) is 3. The highest BCUT2D eigenvalue weighted by Gasteiger charge is 2.28. The van der Waals surface area contributed by atoms with Crippen molar-refractivity contribution in [1.29, 1.82) is 0 Å². The SMILES string of the molecule is CCCCC/C=C\C/C=C\C/C=C\CCCCCCCCC(=O)OC(COC(=O)CCCCCCC/C=C\CCCCCCCC)COP(=O)(O)OCC(CO)OC(=O)CCCCCCCCCCCCCCCCC. The average Bonchev–Trinajstić information content (AvgIpc) is 3.41. The van der Waals surface area contributed by atoms with Gasteiger partial charge in [-0.3, -0.25) is 23.4 Å². The second-order valence-corrected chi connectivity index (χ2v) is 22.7. The maximum Gasteiger partial charge on any atom is 0.472 e. The Morgan fingerprint density at radius 1 is 0.368 bits per heavy atom. The summed E-state index contributed by atoms with van der Waals surface area (Å²) < 4.78 is 39.6. The number of hydrogen-bond acceptors (Lipinski definition) is 10. The Hall–Kier alpha value is -2.56. The van der Waals surface area contributed by atoms with E-state index >= 15 is 0 Å². The number of aliphatic hydroxyl groups is 1. The molecule has 0 saturated carbocycles. The van der Waals surface area contributed by atoms with Gasteiger partial charge in [-0.05, 0) is 83.5 Å². The predicted octanol–water partition coefficient (Wildman–Crippen LogP) is 18.9. The summed E-state index contributed by atoms with van der Waals surface area (Å²) in [6, 6.07) is 0. The lowest BCUT2D eigenvalue weighted by Crippen LogP contribution is -2.30. The van der Waals surface area contributed by atoms with Crippen LogP contribution in [0.25, 0.3) is 0 Å². The van der Waals surface area contributed by atoms with E-state index in [-0.39, 0.29) is 25.9 Å². The molecule has 3 atom stereocenters. The van der Waals surface area contributed by atoms with Crippen molar-refractivity contribution in [2.75, 3.05) is 26.4 Å². The van der Waals surface area contributed by atoms with Gasteiger partial charge in [-0.2, -0.15) is 0 Å². The third-order valence-electron chi connectivity index (χ3n) is 13.7. The highest BCUT2D eigenvalue weighted by atomic mass is 31.2. The van der Waals surface area contributed by atoms with Crippen molar-refractivity contribution in [1.82, 2.24) is 0 Å². The highest BCUT2D eigenvalue weighted by Crippen LogP contribution is 2.43. The zero-order valence-corrected chi connectivity index (χ0v) is 50.1. The Morgan fingerprint density at radius 2 is 0.645 bits per heavy atom. The van der Waals surface area contributed by atoms with Crippen molar-refractivity contribution >= 4 is 25.7 Å². The van der Waals surface area contributed by atoms with Crippen LogP contribution >= 0.6 is 7.82 Å². The smallest absolute Gasteiger partial charge is 0.462 e. The van der Waals surface area contributed by atoms with Crippen molar-refractivity contribution in [3.8, 4) is 0 Å². The van der Waals surface area contributed by atoms with Crippen LogP contribution in [0.5, 0.6) is 0 Å². The molecular weight excluding hydrogens is 976 g/mol. The fourth-order valence-corrected chi connectivity index (χ4v) is 9.67. The molecule has 0 aliphatic carbocycles. The number of phosphoric ester groups is 1. The molecule has 0 fully saturated rings. The zero-order chi connectivity index (χ0) is 55.5. The van der Waals surface area contributed by atoms with Crippen molar-refractivity contribution in [2.45, 2.75) is 315 Å². The van der Waals surface area contributed by atoms with Gasteiger partial charge in [0.25, 0.3) is 0 Å². The van der Waals surface area contributed by atoms with Gasteiger partial charge < -0.3 is 24.2 Å². The second kappa shape index (κ2) is 58.6. The van der Waals surface area contributed by atoms with Crippen molar-refractivity contribution in [3.05, 3.63) is 48.6 Å². The minimum Gasteiger partial charge on any atom is -0.462 e. The largest absolute Gasteiger partial charge is 0.472 e. The zero-order valence-electron chi connectivity index (χ0n) is 49.2. The third-order valence-corrected chi connectivity index (χ3v) is 14.7. The van der Waals surface area contributed by atoms with Crippen LogP contribution in [-0.4, -0.2) is 66.5 Å². The van der Waals surface area contributed by atoms with E-state index in [1.54, 1.807) is 0 Å². The maximum atomic E-state index is 12.9. The van der Waals surface area contributed by atoms with Crippen molar-refractivity contribution in [3.63, 3.8) is 0 Å². The fourth-order valence-electron chi connectivity index (χ4n) is 8.89. The Balaban J connectivity index is 4.71. The fraction of sp³-hybridized carbons (Fsp3) is 0.828. The van der Waals surface area contributed by atoms with Crippen LogP contribution in [0, 0.1) is 0 Å². The van der Waals surface area contributed by atoms with Crippen LogP contribution in [-0.2, 0) is 42.2 Å². The Bertz CT molecular complexity index is 1460. The third kappa shape index (κ3) is 56.2. The number of esters is 3. The summed E-state index contributed by atoms with van der Waals surface area (Å²) in [5, 5.41) is 9.84. The van der Waals surface area contributed by atoms with E-state index in [0.717, 1.165) is 109 Å². The molecule has 0 spiro atoms. The molecule has 76 heavy (non-hydrogen) atoms. The first-order chi connectivity index (χ1) is 37.2. The summed E-state index contributed by atoms with van der Waals surface area (Å²) >= 11 is 0. The normalized spacial score (nSPS) is 13.6. The van der Waals surface area contributed by atoms with Gasteiger partial charge in [0.2, 0.25) is 0 Å². The van der Waals surface area contributed by atoms with Gasteiger partial charge in [0.1, 0.15) is 12.7 Å². The van der Waals surface area contributed by atoms with Gasteiger partial charge in [-0.25, -0.2) is 4.57 Å². The monoisotopic (exact) mass is 1090 g/mol. The molecule has 3 unspecified atom stereocenters. The second-order valence-electron chi connectivity index (χ2n) is 21.2. The molecular formula is C64H117O11P. The van der Waals surface area contributed by atoms with Crippen LogP contribution in [0.1, 0.15) is 303 Å². The summed E-state index contributed by atoms with van der Waals surface area (Å²) in [5.41, 5.74) is 0. The molecule has 12 heteroatoms. The summed E-state index contributed by atoms with van der Waals surface area (Å²) in [5.74, 6) is -1.47. The summed E-state index contributed by atoms with van der Waals surface area (Å²) in [7, 11) is -4.75. The Labute approximate surface area is 466 Å². The van der Waals surface area contributed by atoms with Crippen LogP contribution < -0.4 is 0 Å². The topological polar surface area (TPSA) is 155 Å². The standard InChI is InChI=1S/C64H117O11P/c1-4-7-10-13-16-19-22-25-28-29-30-31-34-37-40-43-46-49-52-55-64(68)75-61(57-71-62(66)53-50-47-44-41-38-35-32-26-23-20-17-14-11-8-5-2)59-73-76(69,70)72-58-60(56-65)74-63(67)54-51-48-45-42-39-36-33-27-24-21-18-15-12-9-6-3/h16,19,25-26,28,30-32,60-61,65H,4-15,17-18,20-24,27,29,33-59H2,1-3H3,(H,69,70)/b19-16-,28-25-,31-30-,32-26-. The number of rotatable bonds is 59. The Kier molecular flexibility index (Phi) is 56.6. The van der Waals surface area contributed by atoms with Gasteiger partial charge in [-0.1, -0.05) is 249 Å². The highest BCUT2D eigenvalue weighted by molar-refractivity contribution is 7.47. The lowest BCUT2D eigenvalue weighted by molar-refractivity contribution is -0.161. The summed E-state index contributed by atoms with van der Waals surface area (Å²) in [4.78, 5) is 48.7. The minimum absolute atomic E-state index is 0.153. The molecule has 0 aromatic heterocycles. The number of allylic oxidation sites excluding steroid dienone is 8. The van der Waals surface area contributed by atoms with Crippen LogP contribution in [0.2, 0.25) is 0 Å². The van der Waals surface area contributed by atoms with Crippen LogP contribution in [0.4, 0.5) is 0 Å². The quantitative estimate of drug-likeness (QED) is 0.0197. The molecule has 11 nitrogen and oxygen atoms in total. The van der Waals surface area contributed by atoms with Gasteiger partial charge >= 0.3 is 25.7 Å². The lowest BCUT2D eigenvalue weighted by Gasteiger charge is -2.21. The van der Waals surface area contributed by atoms with E-state index in [0.29, 0.717) is 19.3 Å². The molecule has 0 radical (unpaired) electrons. The molecule has 2 N–H and O–H groups in total. The molecule has 0 aromatic rings. The lowest BCUT2D eigenvalue weighted by atomic mass is 10.0. The summed E-state index contributed by atoms with van der Waals surface area (Å²) in [6.07, 6.45) is 63.4. The maximum absolute atomic E-state index is 12.9. The van der Waals surface area contributed by atoms with Gasteiger partial charge in [0.15, 0.2) is 6.10 Å². The van der Waals surface area contributed by atoms with E-state index in [4.69, 9.17) is 23.3 Å². The molecule has 0 bridgehead atoms. The predicted molar refractivity (Wildman–Crippen MR) is 316 cm³/mol. The molecule has 0 amide bonds. The number of unbranched alkanes of at least 4 members (excludes halogenated alkanes) is 34. The number of hydrogen-bond donors (Lipinski definition) is 2.